The van der Waals surface area contributed by atoms with Crippen LogP contribution in [0.15, 0.2) is 72.9 Å². The lowest BCUT2D eigenvalue weighted by atomic mass is 10.0. The lowest BCUT2D eigenvalue weighted by Gasteiger charge is -2.24. The zero-order chi connectivity index (χ0) is 41.0. The van der Waals surface area contributed by atoms with E-state index in [4.69, 9.17) is 4.74 Å². The van der Waals surface area contributed by atoms with Crippen LogP contribution in [0.25, 0.3) is 0 Å². The van der Waals surface area contributed by atoms with Crippen molar-refractivity contribution in [2.75, 3.05) is 6.61 Å². The molecule has 0 spiro atoms. The molecule has 3 atom stereocenters. The van der Waals surface area contributed by atoms with Gasteiger partial charge in [-0.05, 0) is 83.5 Å². The number of carbonyl (C=O) groups excluding carboxylic acids is 2. The molecule has 0 aliphatic carbocycles. The van der Waals surface area contributed by atoms with Crippen LogP contribution in [0.4, 0.5) is 0 Å². The zero-order valence-electron chi connectivity index (χ0n) is 36.5. The number of hydrogen-bond donors (Lipinski definition) is 3. The molecule has 0 saturated carbocycles. The minimum Gasteiger partial charge on any atom is -0.462 e. The fraction of sp³-hybridized carbons (Fsp3) is 0.720. The van der Waals surface area contributed by atoms with Gasteiger partial charge in [0, 0.05) is 6.42 Å². The molecule has 0 aliphatic rings. The largest absolute Gasteiger partial charge is 0.462 e. The number of nitrogens with one attached hydrogen (secondary N) is 1. The van der Waals surface area contributed by atoms with Crippen molar-refractivity contribution >= 4 is 11.9 Å². The Morgan fingerprint density at radius 2 is 0.982 bits per heavy atom. The van der Waals surface area contributed by atoms with Gasteiger partial charge in [-0.3, -0.25) is 9.59 Å². The highest BCUT2D eigenvalue weighted by atomic mass is 16.5. The third kappa shape index (κ3) is 38.2. The maximum atomic E-state index is 13.1. The van der Waals surface area contributed by atoms with Crippen molar-refractivity contribution in [3.63, 3.8) is 0 Å². The second-order valence-corrected chi connectivity index (χ2v) is 15.4. The van der Waals surface area contributed by atoms with Crippen molar-refractivity contribution in [1.82, 2.24) is 5.32 Å². The van der Waals surface area contributed by atoms with Crippen molar-refractivity contribution in [3.8, 4) is 0 Å². The summed E-state index contributed by atoms with van der Waals surface area (Å²) >= 11 is 0. The minimum atomic E-state index is -0.803. The van der Waals surface area contributed by atoms with E-state index < -0.39 is 18.2 Å². The highest BCUT2D eigenvalue weighted by Gasteiger charge is 2.23. The predicted molar refractivity (Wildman–Crippen MR) is 241 cm³/mol. The molecule has 0 aliphatic heterocycles. The lowest BCUT2D eigenvalue weighted by molar-refractivity contribution is -0.151. The molecule has 0 rings (SSSR count). The number of aliphatic hydroxyl groups is 2. The van der Waals surface area contributed by atoms with Crippen LogP contribution in [0.2, 0.25) is 0 Å². The molecule has 6 heteroatoms. The first-order chi connectivity index (χ1) is 27.5. The van der Waals surface area contributed by atoms with Gasteiger partial charge in [-0.25, -0.2) is 0 Å². The quantitative estimate of drug-likeness (QED) is 0.0327. The lowest BCUT2D eigenvalue weighted by Crippen LogP contribution is -2.46. The minimum absolute atomic E-state index is 0.0310. The van der Waals surface area contributed by atoms with E-state index in [9.17, 15) is 19.8 Å². The molecule has 322 valence electrons. The summed E-state index contributed by atoms with van der Waals surface area (Å²) in [6.07, 6.45) is 54.0. The third-order valence-corrected chi connectivity index (χ3v) is 10.0. The second-order valence-electron chi connectivity index (χ2n) is 15.4. The molecule has 0 aromatic carbocycles. The Morgan fingerprint density at radius 3 is 1.52 bits per heavy atom. The Morgan fingerprint density at radius 1 is 0.536 bits per heavy atom. The van der Waals surface area contributed by atoms with E-state index in [1.54, 1.807) is 0 Å². The van der Waals surface area contributed by atoms with E-state index in [1.807, 2.05) is 0 Å². The summed E-state index contributed by atoms with van der Waals surface area (Å²) in [6.45, 7) is 6.30. The van der Waals surface area contributed by atoms with Gasteiger partial charge in [0.25, 0.3) is 0 Å². The van der Waals surface area contributed by atoms with Crippen molar-refractivity contribution in [2.45, 2.75) is 225 Å². The molecule has 0 fully saturated rings. The zero-order valence-corrected chi connectivity index (χ0v) is 36.5. The standard InChI is InChI=1S/C50H87NO5/c1-4-7-10-13-16-19-21-22-23-24-25-26-28-31-34-37-40-43-50(55)56-46(41-38-35-32-30-27-20-17-14-11-8-5-2)44-49(54)51-47(45-52)48(53)42-39-36-33-29-18-15-12-9-6-3/h7,10,16,19,22-23,25-26,30-32,34,46-48,52-53H,4-6,8-9,11-15,17-18,20-21,24,27-29,33,35-45H2,1-3H3,(H,51,54)/b10-7-,19-16-,23-22-,26-25-,32-30-,34-31-. The van der Waals surface area contributed by atoms with E-state index in [2.05, 4.69) is 99.0 Å². The molecular weight excluding hydrogens is 695 g/mol. The average molecular weight is 782 g/mol. The first-order valence-electron chi connectivity index (χ1n) is 23.2. The van der Waals surface area contributed by atoms with Gasteiger partial charge in [0.1, 0.15) is 6.10 Å². The van der Waals surface area contributed by atoms with Crippen LogP contribution in [0, 0.1) is 0 Å². The molecule has 3 N–H and O–H groups in total. The van der Waals surface area contributed by atoms with E-state index in [-0.39, 0.29) is 24.9 Å². The smallest absolute Gasteiger partial charge is 0.306 e. The molecule has 56 heavy (non-hydrogen) atoms. The number of hydrogen-bond acceptors (Lipinski definition) is 5. The molecule has 6 nitrogen and oxygen atoms in total. The van der Waals surface area contributed by atoms with Crippen LogP contribution in [-0.4, -0.2) is 46.9 Å². The fourth-order valence-electron chi connectivity index (χ4n) is 6.52. The average Bonchev–Trinajstić information content (AvgIpc) is 3.19. The van der Waals surface area contributed by atoms with E-state index in [0.29, 0.717) is 25.7 Å². The van der Waals surface area contributed by atoms with Crippen LogP contribution in [0.3, 0.4) is 0 Å². The van der Waals surface area contributed by atoms with Gasteiger partial charge in [0.05, 0.1) is 25.2 Å². The predicted octanol–water partition coefficient (Wildman–Crippen LogP) is 13.4. The topological polar surface area (TPSA) is 95.9 Å². The van der Waals surface area contributed by atoms with Gasteiger partial charge < -0.3 is 20.3 Å². The summed E-state index contributed by atoms with van der Waals surface area (Å²) in [5.74, 6) is -0.580. The van der Waals surface area contributed by atoms with Gasteiger partial charge in [-0.1, -0.05) is 184 Å². The van der Waals surface area contributed by atoms with E-state index >= 15 is 0 Å². The Bertz CT molecular complexity index is 1060. The maximum Gasteiger partial charge on any atom is 0.306 e. The summed E-state index contributed by atoms with van der Waals surface area (Å²) in [7, 11) is 0. The van der Waals surface area contributed by atoms with Gasteiger partial charge in [0.15, 0.2) is 0 Å². The van der Waals surface area contributed by atoms with Crippen LogP contribution in [0.5, 0.6) is 0 Å². The van der Waals surface area contributed by atoms with E-state index in [1.165, 1.54) is 77.0 Å². The van der Waals surface area contributed by atoms with Crippen molar-refractivity contribution in [2.24, 2.45) is 0 Å². The van der Waals surface area contributed by atoms with Crippen molar-refractivity contribution < 1.29 is 24.5 Å². The number of allylic oxidation sites excluding steroid dienone is 12. The Labute approximate surface area is 345 Å². The number of rotatable bonds is 40. The number of esters is 1. The summed E-state index contributed by atoms with van der Waals surface area (Å²) < 4.78 is 5.85. The molecule has 3 unspecified atom stereocenters. The molecule has 1 amide bonds. The number of ether oxygens (including phenoxy) is 1. The Kier molecular flexibility index (Phi) is 41.3. The molecule has 0 heterocycles. The number of amides is 1. The van der Waals surface area contributed by atoms with Crippen molar-refractivity contribution in [3.05, 3.63) is 72.9 Å². The summed E-state index contributed by atoms with van der Waals surface area (Å²) in [5.41, 5.74) is 0. The van der Waals surface area contributed by atoms with Crippen LogP contribution in [0.1, 0.15) is 207 Å². The summed E-state index contributed by atoms with van der Waals surface area (Å²) in [5, 5.41) is 23.6. The van der Waals surface area contributed by atoms with Crippen LogP contribution < -0.4 is 5.32 Å². The molecule has 0 bridgehead atoms. The monoisotopic (exact) mass is 782 g/mol. The third-order valence-electron chi connectivity index (χ3n) is 10.0. The van der Waals surface area contributed by atoms with Crippen molar-refractivity contribution in [1.29, 1.82) is 0 Å². The van der Waals surface area contributed by atoms with Gasteiger partial charge >= 0.3 is 5.97 Å². The number of unbranched alkanes of at least 4 members (excludes halogenated alkanes) is 16. The highest BCUT2D eigenvalue weighted by Crippen LogP contribution is 2.16. The van der Waals surface area contributed by atoms with Gasteiger partial charge in [-0.15, -0.1) is 0 Å². The Hall–Kier alpha value is -2.70. The van der Waals surface area contributed by atoms with Gasteiger partial charge in [0.2, 0.25) is 5.91 Å². The molecular formula is C50H87NO5. The molecule has 0 saturated heterocycles. The first kappa shape index (κ1) is 53.3. The normalized spacial score (nSPS) is 14.0. The SMILES string of the molecule is CC/C=C\C/C=C\C/C=C\C/C=C\C/C=C\CCCC(=O)OC(CCC/C=C\CCCCCCCC)CC(=O)NC(CO)C(O)CCCCCCCCCCC. The van der Waals surface area contributed by atoms with Gasteiger partial charge in [-0.2, -0.15) is 0 Å². The maximum absolute atomic E-state index is 13.1. The molecule has 0 aromatic rings. The molecule has 0 aromatic heterocycles. The van der Waals surface area contributed by atoms with E-state index in [0.717, 1.165) is 77.0 Å². The molecule has 0 radical (unpaired) electrons. The summed E-state index contributed by atoms with van der Waals surface area (Å²) in [6, 6.07) is -0.721. The first-order valence-corrected chi connectivity index (χ1v) is 23.2. The number of carbonyl (C=O) groups is 2. The number of aliphatic hydroxyl groups excluding tert-OH is 2. The highest BCUT2D eigenvalue weighted by molar-refractivity contribution is 5.77. The van der Waals surface area contributed by atoms with Crippen LogP contribution in [-0.2, 0) is 14.3 Å². The second kappa shape index (κ2) is 43.4. The fourth-order valence-corrected chi connectivity index (χ4v) is 6.52. The van der Waals surface area contributed by atoms with Crippen LogP contribution >= 0.6 is 0 Å². The summed E-state index contributed by atoms with van der Waals surface area (Å²) in [4.78, 5) is 25.9. The Balaban J connectivity index is 4.71.